The van der Waals surface area contributed by atoms with Gasteiger partial charge in [0.1, 0.15) is 16.4 Å². The van der Waals surface area contributed by atoms with Gasteiger partial charge >= 0.3 is 5.97 Å². The summed E-state index contributed by atoms with van der Waals surface area (Å²) >= 11 is 10.9. The van der Waals surface area contributed by atoms with Gasteiger partial charge < -0.3 is 14.4 Å². The Morgan fingerprint density at radius 1 is 1.13 bits per heavy atom. The third-order valence-electron chi connectivity index (χ3n) is 6.06. The van der Waals surface area contributed by atoms with Crippen molar-refractivity contribution in [1.82, 2.24) is 4.57 Å². The average molecular weight is 608 g/mol. The van der Waals surface area contributed by atoms with E-state index in [1.807, 2.05) is 79.9 Å². The molecule has 0 radical (unpaired) electrons. The number of hydrogen-bond donors (Lipinski definition) is 1. The molecular formula is C30H24BrClN2O3S. The van der Waals surface area contributed by atoms with Crippen LogP contribution in [0.3, 0.4) is 0 Å². The molecule has 4 aromatic rings. The zero-order valence-corrected chi connectivity index (χ0v) is 23.9. The molecular weight excluding hydrogens is 584 g/mol. The van der Waals surface area contributed by atoms with Crippen LogP contribution in [-0.4, -0.2) is 27.3 Å². The molecule has 0 atom stereocenters. The first-order chi connectivity index (χ1) is 18.3. The number of nitrogens with zero attached hydrogens (tertiary/aromatic N) is 2. The minimum atomic E-state index is -0.598. The van der Waals surface area contributed by atoms with E-state index < -0.39 is 5.97 Å². The van der Waals surface area contributed by atoms with Crippen molar-refractivity contribution >= 4 is 73.0 Å². The molecule has 1 aliphatic heterocycles. The second kappa shape index (κ2) is 11.2. The number of hydrogen-bond acceptors (Lipinski definition) is 5. The molecule has 3 aromatic carbocycles. The number of ether oxygens (including phenoxy) is 1. The molecule has 0 saturated carbocycles. The molecule has 0 fully saturated rings. The Labute approximate surface area is 238 Å². The lowest BCUT2D eigenvalue weighted by atomic mass is 10.1. The normalized spacial score (nSPS) is 15.7. The van der Waals surface area contributed by atoms with Crippen molar-refractivity contribution in [1.29, 1.82) is 0 Å². The molecule has 0 bridgehead atoms. The van der Waals surface area contributed by atoms with Crippen LogP contribution in [0.1, 0.15) is 23.6 Å². The Balaban J connectivity index is 1.58. The predicted molar refractivity (Wildman–Crippen MR) is 160 cm³/mol. The van der Waals surface area contributed by atoms with Gasteiger partial charge in [0.15, 0.2) is 0 Å². The zero-order chi connectivity index (χ0) is 26.8. The molecule has 0 aliphatic carbocycles. The van der Waals surface area contributed by atoms with E-state index in [1.54, 1.807) is 6.92 Å². The molecule has 0 amide bonds. The van der Waals surface area contributed by atoms with Gasteiger partial charge in [0, 0.05) is 38.7 Å². The number of aromatic nitrogens is 1. The molecule has 192 valence electrons. The Hall–Kier alpha value is -3.26. The van der Waals surface area contributed by atoms with Crippen LogP contribution in [0.25, 0.3) is 17.0 Å². The molecule has 0 saturated heterocycles. The summed E-state index contributed by atoms with van der Waals surface area (Å²) in [6, 6.07) is 21.6. The van der Waals surface area contributed by atoms with Crippen LogP contribution in [0.2, 0.25) is 5.02 Å². The summed E-state index contributed by atoms with van der Waals surface area (Å²) in [5, 5.41) is 13.3. The molecule has 38 heavy (non-hydrogen) atoms. The van der Waals surface area contributed by atoms with Gasteiger partial charge in [-0.15, -0.1) is 0 Å². The highest BCUT2D eigenvalue weighted by molar-refractivity contribution is 9.10. The van der Waals surface area contributed by atoms with Crippen LogP contribution >= 0.6 is 39.3 Å². The smallest absolute Gasteiger partial charge is 0.344 e. The number of carbonyl (C=O) groups is 1. The van der Waals surface area contributed by atoms with Gasteiger partial charge in [-0.05, 0) is 68.0 Å². The summed E-state index contributed by atoms with van der Waals surface area (Å²) in [5.74, 6) is -0.729. The van der Waals surface area contributed by atoms with Crippen LogP contribution in [-0.2, 0) is 16.1 Å². The molecule has 1 N–H and O–H groups in total. The minimum Gasteiger partial charge on any atom is -0.506 e. The molecule has 5 rings (SSSR count). The predicted octanol–water partition coefficient (Wildman–Crippen LogP) is 8.61. The number of rotatable bonds is 6. The monoisotopic (exact) mass is 606 g/mol. The average Bonchev–Trinajstić information content (AvgIpc) is 3.38. The summed E-state index contributed by atoms with van der Waals surface area (Å²) in [6.45, 7) is 4.59. The SMILES string of the molecule is CCOC(=O)C1=C(O)/C(=C/c2cn(Cc3ccc(Cl)cc3)c3ccc(Br)cc23)SC1=Nc1ccc(C)cc1. The second-order valence-electron chi connectivity index (χ2n) is 8.81. The van der Waals surface area contributed by atoms with E-state index in [4.69, 9.17) is 16.3 Å². The van der Waals surface area contributed by atoms with Gasteiger partial charge in [0.2, 0.25) is 0 Å². The van der Waals surface area contributed by atoms with Crippen LogP contribution in [0.4, 0.5) is 5.69 Å². The number of aliphatic imine (C=N–C) groups is 1. The number of thioether (sulfide) groups is 1. The van der Waals surface area contributed by atoms with E-state index in [0.717, 1.165) is 32.1 Å². The van der Waals surface area contributed by atoms with Crippen molar-refractivity contribution in [3.63, 3.8) is 0 Å². The van der Waals surface area contributed by atoms with Crippen molar-refractivity contribution in [2.24, 2.45) is 4.99 Å². The standard InChI is InChI=1S/C30H24BrClN2O3S/c1-3-37-30(36)27-28(35)26(38-29(27)33-23-11-4-18(2)5-12-23)14-20-17-34(16-19-6-9-22(32)10-7-19)25-13-8-21(31)15-24(20)25/h4-15,17,35H,3,16H2,1-2H3/b26-14-,33-29?. The number of halogens is 2. The fraction of sp³-hybridized carbons (Fsp3) is 0.133. The summed E-state index contributed by atoms with van der Waals surface area (Å²) in [6.07, 6.45) is 3.94. The number of aliphatic hydroxyl groups excluding tert-OH is 1. The molecule has 5 nitrogen and oxygen atoms in total. The first kappa shape index (κ1) is 26.4. The highest BCUT2D eigenvalue weighted by Gasteiger charge is 2.33. The molecule has 1 aromatic heterocycles. The Bertz CT molecular complexity index is 1620. The van der Waals surface area contributed by atoms with Gasteiger partial charge in [-0.1, -0.05) is 69.1 Å². The van der Waals surface area contributed by atoms with Gasteiger partial charge in [-0.25, -0.2) is 9.79 Å². The minimum absolute atomic E-state index is 0.0785. The number of fused-ring (bicyclic) bond motifs is 1. The first-order valence-electron chi connectivity index (χ1n) is 12.0. The van der Waals surface area contributed by atoms with Gasteiger partial charge in [-0.3, -0.25) is 0 Å². The van der Waals surface area contributed by atoms with Crippen LogP contribution < -0.4 is 0 Å². The molecule has 2 heterocycles. The van der Waals surface area contributed by atoms with E-state index in [0.29, 0.717) is 27.2 Å². The fourth-order valence-electron chi connectivity index (χ4n) is 4.20. The summed E-state index contributed by atoms with van der Waals surface area (Å²) in [4.78, 5) is 18.0. The first-order valence-corrected chi connectivity index (χ1v) is 14.0. The number of benzene rings is 3. The van der Waals surface area contributed by atoms with Crippen LogP contribution in [0.5, 0.6) is 0 Å². The molecule has 8 heteroatoms. The summed E-state index contributed by atoms with van der Waals surface area (Å²) in [7, 11) is 0. The maximum absolute atomic E-state index is 12.8. The lowest BCUT2D eigenvalue weighted by Gasteiger charge is -2.06. The number of aryl methyl sites for hydroxylation is 1. The third kappa shape index (κ3) is 5.60. The summed E-state index contributed by atoms with van der Waals surface area (Å²) < 4.78 is 8.35. The van der Waals surface area contributed by atoms with Crippen molar-refractivity contribution in [2.45, 2.75) is 20.4 Å². The number of carbonyl (C=O) groups excluding carboxylic acids is 1. The quantitative estimate of drug-likeness (QED) is 0.223. The van der Waals surface area contributed by atoms with Crippen molar-refractivity contribution < 1.29 is 14.6 Å². The van der Waals surface area contributed by atoms with E-state index >= 15 is 0 Å². The van der Waals surface area contributed by atoms with Crippen LogP contribution in [0.15, 0.2) is 98.6 Å². The zero-order valence-electron chi connectivity index (χ0n) is 20.7. The lowest BCUT2D eigenvalue weighted by Crippen LogP contribution is -2.12. The van der Waals surface area contributed by atoms with Crippen LogP contribution in [0, 0.1) is 6.92 Å². The largest absolute Gasteiger partial charge is 0.506 e. The molecule has 0 unspecified atom stereocenters. The second-order valence-corrected chi connectivity index (χ2v) is 11.2. The van der Waals surface area contributed by atoms with E-state index in [1.165, 1.54) is 11.8 Å². The fourth-order valence-corrected chi connectivity index (χ4v) is 5.71. The van der Waals surface area contributed by atoms with Crippen molar-refractivity contribution in [3.8, 4) is 0 Å². The van der Waals surface area contributed by atoms with E-state index in [-0.39, 0.29) is 17.9 Å². The topological polar surface area (TPSA) is 63.8 Å². The summed E-state index contributed by atoms with van der Waals surface area (Å²) in [5.41, 5.74) is 4.94. The number of esters is 1. The van der Waals surface area contributed by atoms with Gasteiger partial charge in [-0.2, -0.15) is 0 Å². The Morgan fingerprint density at radius 3 is 2.58 bits per heavy atom. The van der Waals surface area contributed by atoms with Gasteiger partial charge in [0.25, 0.3) is 0 Å². The highest BCUT2D eigenvalue weighted by Crippen LogP contribution is 2.41. The Kier molecular flexibility index (Phi) is 7.79. The van der Waals surface area contributed by atoms with Gasteiger partial charge in [0.05, 0.1) is 17.2 Å². The maximum atomic E-state index is 12.8. The van der Waals surface area contributed by atoms with Crippen molar-refractivity contribution in [3.05, 3.63) is 115 Å². The number of aliphatic hydroxyl groups is 1. The van der Waals surface area contributed by atoms with E-state index in [2.05, 4.69) is 31.6 Å². The molecule has 1 aliphatic rings. The van der Waals surface area contributed by atoms with E-state index in [9.17, 15) is 9.90 Å². The highest BCUT2D eigenvalue weighted by atomic mass is 79.9. The maximum Gasteiger partial charge on any atom is 0.344 e. The third-order valence-corrected chi connectivity index (χ3v) is 7.83. The lowest BCUT2D eigenvalue weighted by molar-refractivity contribution is -0.138. The Morgan fingerprint density at radius 2 is 1.87 bits per heavy atom. The molecule has 0 spiro atoms. The van der Waals surface area contributed by atoms with Crippen molar-refractivity contribution in [2.75, 3.05) is 6.61 Å².